The lowest BCUT2D eigenvalue weighted by molar-refractivity contribution is 0.238. The van der Waals surface area contributed by atoms with E-state index >= 15 is 0 Å². The highest BCUT2D eigenvalue weighted by molar-refractivity contribution is 6.37. The Bertz CT molecular complexity index is 1180. The third-order valence-corrected chi connectivity index (χ3v) is 6.00. The Morgan fingerprint density at radius 1 is 1.09 bits per heavy atom. The van der Waals surface area contributed by atoms with Gasteiger partial charge in [-0.15, -0.1) is 0 Å². The minimum atomic E-state index is 0.261. The van der Waals surface area contributed by atoms with Crippen LogP contribution in [0.25, 0.3) is 0 Å². The van der Waals surface area contributed by atoms with E-state index in [1.54, 1.807) is 12.1 Å². The van der Waals surface area contributed by atoms with Crippen LogP contribution >= 0.6 is 23.2 Å². The molecule has 2 heterocycles. The number of methoxy groups -OCH3 is 1. The van der Waals surface area contributed by atoms with E-state index in [9.17, 15) is 5.26 Å². The molecule has 2 N–H and O–H groups in total. The Balaban J connectivity index is 1.43. The van der Waals surface area contributed by atoms with E-state index in [4.69, 9.17) is 32.7 Å². The number of nitriles is 1. The summed E-state index contributed by atoms with van der Waals surface area (Å²) in [4.78, 5) is 11.1. The fourth-order valence-corrected chi connectivity index (χ4v) is 4.10. The Morgan fingerprint density at radius 3 is 2.56 bits per heavy atom. The number of rotatable bonds is 9. The van der Waals surface area contributed by atoms with Gasteiger partial charge >= 0.3 is 0 Å². The molecule has 0 atom stereocenters. The van der Waals surface area contributed by atoms with Gasteiger partial charge in [0.1, 0.15) is 29.7 Å². The molecule has 8 nitrogen and oxygen atoms in total. The maximum atomic E-state index is 9.48. The fourth-order valence-electron chi connectivity index (χ4n) is 3.59. The molecule has 1 aliphatic rings. The highest BCUT2D eigenvalue weighted by Crippen LogP contribution is 2.36. The first-order chi connectivity index (χ1) is 16.6. The average Bonchev–Trinajstić information content (AvgIpc) is 3.36. The molecular weight excluding hydrogens is 475 g/mol. The quantitative estimate of drug-likeness (QED) is 0.392. The van der Waals surface area contributed by atoms with Crippen LogP contribution in [-0.2, 0) is 0 Å². The van der Waals surface area contributed by atoms with Crippen molar-refractivity contribution in [3.05, 3.63) is 58.2 Å². The van der Waals surface area contributed by atoms with Crippen LogP contribution in [0.2, 0.25) is 10.0 Å². The highest BCUT2D eigenvalue weighted by Gasteiger charge is 2.13. The van der Waals surface area contributed by atoms with Crippen LogP contribution in [0.5, 0.6) is 11.5 Å². The van der Waals surface area contributed by atoms with Crippen molar-refractivity contribution in [2.75, 3.05) is 44.0 Å². The van der Waals surface area contributed by atoms with Crippen LogP contribution in [0.3, 0.4) is 0 Å². The van der Waals surface area contributed by atoms with Crippen molar-refractivity contribution in [3.8, 4) is 17.6 Å². The second-order valence-corrected chi connectivity index (χ2v) is 8.52. The molecule has 1 fully saturated rings. The summed E-state index contributed by atoms with van der Waals surface area (Å²) in [5, 5.41) is 16.4. The Morgan fingerprint density at radius 2 is 1.85 bits per heavy atom. The summed E-state index contributed by atoms with van der Waals surface area (Å²) in [7, 11) is 1.51. The number of nitrogens with one attached hydrogen (secondary N) is 2. The minimum absolute atomic E-state index is 0.261. The first-order valence-electron chi connectivity index (χ1n) is 10.8. The second-order valence-electron chi connectivity index (χ2n) is 7.71. The second kappa shape index (κ2) is 11.3. The fraction of sp³-hybridized carbons (Fsp3) is 0.292. The smallest absolute Gasteiger partial charge is 0.229 e. The van der Waals surface area contributed by atoms with Gasteiger partial charge in [0.15, 0.2) is 5.82 Å². The predicted octanol–water partition coefficient (Wildman–Crippen LogP) is 5.63. The van der Waals surface area contributed by atoms with Crippen molar-refractivity contribution in [1.82, 2.24) is 14.9 Å². The van der Waals surface area contributed by atoms with Gasteiger partial charge in [-0.2, -0.15) is 10.2 Å². The van der Waals surface area contributed by atoms with Gasteiger partial charge < -0.3 is 20.1 Å². The molecule has 4 rings (SSSR count). The normalized spacial score (nSPS) is 13.4. The number of nitrogens with zero attached hydrogens (tertiary/aromatic N) is 4. The largest absolute Gasteiger partial charge is 0.495 e. The zero-order valence-corrected chi connectivity index (χ0v) is 20.2. The van der Waals surface area contributed by atoms with Crippen molar-refractivity contribution in [3.63, 3.8) is 0 Å². The molecule has 34 heavy (non-hydrogen) atoms. The van der Waals surface area contributed by atoms with Gasteiger partial charge in [-0.25, -0.2) is 4.98 Å². The highest BCUT2D eigenvalue weighted by atomic mass is 35.5. The molecular formula is C24H24Cl2N6O2. The van der Waals surface area contributed by atoms with Gasteiger partial charge in [0, 0.05) is 18.3 Å². The molecule has 1 saturated heterocycles. The summed E-state index contributed by atoms with van der Waals surface area (Å²) in [5.74, 6) is 1.87. The molecule has 3 aromatic rings. The van der Waals surface area contributed by atoms with E-state index in [0.29, 0.717) is 39.9 Å². The molecule has 0 amide bonds. The zero-order valence-electron chi connectivity index (χ0n) is 18.6. The summed E-state index contributed by atoms with van der Waals surface area (Å²) < 4.78 is 11.1. The van der Waals surface area contributed by atoms with Crippen molar-refractivity contribution in [2.24, 2.45) is 0 Å². The van der Waals surface area contributed by atoms with E-state index in [1.807, 2.05) is 24.3 Å². The van der Waals surface area contributed by atoms with Crippen molar-refractivity contribution < 1.29 is 9.47 Å². The van der Waals surface area contributed by atoms with Crippen LogP contribution in [0.1, 0.15) is 18.4 Å². The van der Waals surface area contributed by atoms with E-state index in [2.05, 4.69) is 31.6 Å². The van der Waals surface area contributed by atoms with Gasteiger partial charge in [-0.05, 0) is 56.3 Å². The molecule has 10 heteroatoms. The number of anilines is 4. The van der Waals surface area contributed by atoms with Gasteiger partial charge in [-0.1, -0.05) is 23.2 Å². The molecule has 0 spiro atoms. The summed E-state index contributed by atoms with van der Waals surface area (Å²) in [6.45, 7) is 3.92. The van der Waals surface area contributed by atoms with Crippen LogP contribution < -0.4 is 20.1 Å². The van der Waals surface area contributed by atoms with Gasteiger partial charge in [-0.3, -0.25) is 4.90 Å². The lowest BCUT2D eigenvalue weighted by Gasteiger charge is -2.15. The first kappa shape index (κ1) is 23.9. The van der Waals surface area contributed by atoms with E-state index in [-0.39, 0.29) is 5.56 Å². The predicted molar refractivity (Wildman–Crippen MR) is 134 cm³/mol. The van der Waals surface area contributed by atoms with Gasteiger partial charge in [0.05, 0.1) is 29.0 Å². The maximum absolute atomic E-state index is 9.48. The molecule has 1 aliphatic heterocycles. The lowest BCUT2D eigenvalue weighted by atomic mass is 10.2. The number of hydrogen-bond donors (Lipinski definition) is 2. The molecule has 0 bridgehead atoms. The topological polar surface area (TPSA) is 95.3 Å². The lowest BCUT2D eigenvalue weighted by Crippen LogP contribution is -2.25. The molecule has 2 aromatic carbocycles. The SMILES string of the molecule is COc1cc(Nc2nc(Nc3ccc(OCCN4CCCC4)cc3)ncc2C#N)c(Cl)cc1Cl. The monoisotopic (exact) mass is 498 g/mol. The molecule has 176 valence electrons. The number of aromatic nitrogens is 2. The number of halogens is 2. The first-order valence-corrected chi connectivity index (χ1v) is 11.6. The average molecular weight is 499 g/mol. The number of ether oxygens (including phenoxy) is 2. The molecule has 0 saturated carbocycles. The summed E-state index contributed by atoms with van der Waals surface area (Å²) in [6.07, 6.45) is 3.99. The number of benzene rings is 2. The maximum Gasteiger partial charge on any atom is 0.229 e. The van der Waals surface area contributed by atoms with Crippen LogP contribution in [0.15, 0.2) is 42.6 Å². The molecule has 0 unspecified atom stereocenters. The molecule has 1 aromatic heterocycles. The minimum Gasteiger partial charge on any atom is -0.495 e. The van der Waals surface area contributed by atoms with E-state index in [0.717, 1.165) is 31.1 Å². The Kier molecular flexibility index (Phi) is 7.91. The Hall–Kier alpha value is -3.25. The van der Waals surface area contributed by atoms with Crippen LogP contribution in [0, 0.1) is 11.3 Å². The summed E-state index contributed by atoms with van der Waals surface area (Å²) in [6, 6.07) is 12.9. The molecule has 0 aliphatic carbocycles. The van der Waals surface area contributed by atoms with Crippen molar-refractivity contribution in [1.29, 1.82) is 5.26 Å². The third kappa shape index (κ3) is 6.00. The molecule has 0 radical (unpaired) electrons. The van der Waals surface area contributed by atoms with Crippen LogP contribution in [0.4, 0.5) is 23.1 Å². The van der Waals surface area contributed by atoms with Crippen LogP contribution in [-0.4, -0.2) is 48.2 Å². The van der Waals surface area contributed by atoms with Gasteiger partial charge in [0.2, 0.25) is 5.95 Å². The summed E-state index contributed by atoms with van der Waals surface area (Å²) >= 11 is 12.4. The summed E-state index contributed by atoms with van der Waals surface area (Å²) in [5.41, 5.74) is 1.55. The van der Waals surface area contributed by atoms with Crippen molar-refractivity contribution in [2.45, 2.75) is 12.8 Å². The van der Waals surface area contributed by atoms with E-state index < -0.39 is 0 Å². The number of hydrogen-bond acceptors (Lipinski definition) is 8. The standard InChI is InChI=1S/C24H24Cl2N6O2/c1-33-22-13-21(19(25)12-20(22)26)30-23-16(14-27)15-28-24(31-23)29-17-4-6-18(7-5-17)34-11-10-32-8-2-3-9-32/h4-7,12-13,15H,2-3,8-11H2,1H3,(H2,28,29,30,31). The zero-order chi connectivity index (χ0) is 23.9. The Labute approximate surface area is 208 Å². The van der Waals surface area contributed by atoms with Crippen molar-refractivity contribution >= 4 is 46.3 Å². The number of likely N-dealkylation sites (tertiary alicyclic amines) is 1. The van der Waals surface area contributed by atoms with Gasteiger partial charge in [0.25, 0.3) is 0 Å². The third-order valence-electron chi connectivity index (χ3n) is 5.39. The van der Waals surface area contributed by atoms with E-state index in [1.165, 1.54) is 26.1 Å².